The molecule has 0 atom stereocenters. The highest BCUT2D eigenvalue weighted by atomic mass is 16.5. The fraction of sp³-hybridized carbons (Fsp3) is 0.143. The molecule has 4 rings (SSSR count). The predicted molar refractivity (Wildman–Crippen MR) is 103 cm³/mol. The first kappa shape index (κ1) is 16.1. The molecule has 0 saturated heterocycles. The van der Waals surface area contributed by atoms with Gasteiger partial charge in [0, 0.05) is 41.6 Å². The van der Waals surface area contributed by atoms with E-state index < -0.39 is 0 Å². The van der Waals surface area contributed by atoms with Crippen molar-refractivity contribution in [1.29, 1.82) is 0 Å². The molecule has 0 unspecified atom stereocenters. The van der Waals surface area contributed by atoms with Gasteiger partial charge in [-0.2, -0.15) is 0 Å². The molecule has 5 heteroatoms. The highest BCUT2D eigenvalue weighted by molar-refractivity contribution is 6.00. The molecule has 1 amide bonds. The van der Waals surface area contributed by atoms with Crippen molar-refractivity contribution in [3.05, 3.63) is 67.0 Å². The molecule has 0 aliphatic heterocycles. The van der Waals surface area contributed by atoms with Gasteiger partial charge in [0.05, 0.1) is 18.3 Å². The van der Waals surface area contributed by atoms with E-state index in [9.17, 15) is 4.79 Å². The molecule has 0 bridgehead atoms. The van der Waals surface area contributed by atoms with Crippen molar-refractivity contribution >= 4 is 33.4 Å². The maximum absolute atomic E-state index is 12.4. The van der Waals surface area contributed by atoms with E-state index in [1.807, 2.05) is 60.8 Å². The summed E-state index contributed by atoms with van der Waals surface area (Å²) in [4.78, 5) is 16.7. The van der Waals surface area contributed by atoms with Crippen LogP contribution in [0.3, 0.4) is 0 Å². The SMILES string of the molecule is COc1ccc2c(ccn2CCC(=O)Nc2cccc3ncccc23)c1. The normalized spacial score (nSPS) is 11.0. The van der Waals surface area contributed by atoms with Crippen molar-refractivity contribution < 1.29 is 9.53 Å². The first-order valence-corrected chi connectivity index (χ1v) is 8.51. The number of nitrogens with one attached hydrogen (secondary N) is 1. The predicted octanol–water partition coefficient (Wildman–Crippen LogP) is 4.23. The number of aromatic nitrogens is 2. The summed E-state index contributed by atoms with van der Waals surface area (Å²) >= 11 is 0. The third kappa shape index (κ3) is 3.11. The van der Waals surface area contributed by atoms with Crippen molar-refractivity contribution in [2.24, 2.45) is 0 Å². The van der Waals surface area contributed by atoms with Crippen molar-refractivity contribution in [3.63, 3.8) is 0 Å². The van der Waals surface area contributed by atoms with Crippen molar-refractivity contribution in [2.45, 2.75) is 13.0 Å². The number of carbonyl (C=O) groups excluding carboxylic acids is 1. The Balaban J connectivity index is 1.47. The maximum atomic E-state index is 12.4. The van der Waals surface area contributed by atoms with E-state index in [0.717, 1.165) is 33.2 Å². The van der Waals surface area contributed by atoms with Crippen LogP contribution >= 0.6 is 0 Å². The number of carbonyl (C=O) groups is 1. The molecule has 130 valence electrons. The number of nitrogens with zero attached hydrogens (tertiary/aromatic N) is 2. The Bertz CT molecular complexity index is 1080. The summed E-state index contributed by atoms with van der Waals surface area (Å²) < 4.78 is 7.34. The van der Waals surface area contributed by atoms with Gasteiger partial charge in [0.15, 0.2) is 0 Å². The average molecular weight is 345 g/mol. The zero-order chi connectivity index (χ0) is 17.9. The lowest BCUT2D eigenvalue weighted by atomic mass is 10.2. The second kappa shape index (κ2) is 6.88. The van der Waals surface area contributed by atoms with Gasteiger partial charge >= 0.3 is 0 Å². The topological polar surface area (TPSA) is 56.1 Å². The number of rotatable bonds is 5. The molecule has 5 nitrogen and oxygen atoms in total. The van der Waals surface area contributed by atoms with E-state index in [1.54, 1.807) is 13.3 Å². The van der Waals surface area contributed by atoms with Gasteiger partial charge in [0.25, 0.3) is 0 Å². The number of hydrogen-bond donors (Lipinski definition) is 1. The lowest BCUT2D eigenvalue weighted by Gasteiger charge is -2.09. The largest absolute Gasteiger partial charge is 0.497 e. The number of methoxy groups -OCH3 is 1. The Morgan fingerprint density at radius 1 is 1.15 bits per heavy atom. The smallest absolute Gasteiger partial charge is 0.226 e. The molecule has 2 aromatic carbocycles. The van der Waals surface area contributed by atoms with Gasteiger partial charge in [-0.1, -0.05) is 6.07 Å². The van der Waals surface area contributed by atoms with E-state index >= 15 is 0 Å². The fourth-order valence-corrected chi connectivity index (χ4v) is 3.15. The summed E-state index contributed by atoms with van der Waals surface area (Å²) in [7, 11) is 1.66. The van der Waals surface area contributed by atoms with Crippen LogP contribution < -0.4 is 10.1 Å². The van der Waals surface area contributed by atoms with E-state index in [2.05, 4.69) is 14.9 Å². The highest BCUT2D eigenvalue weighted by Crippen LogP contribution is 2.23. The van der Waals surface area contributed by atoms with E-state index in [1.165, 1.54) is 0 Å². The number of aryl methyl sites for hydroxylation is 1. The zero-order valence-corrected chi connectivity index (χ0v) is 14.5. The minimum Gasteiger partial charge on any atom is -0.497 e. The lowest BCUT2D eigenvalue weighted by molar-refractivity contribution is -0.116. The third-order valence-electron chi connectivity index (χ3n) is 4.48. The molecule has 2 aromatic heterocycles. The standard InChI is InChI=1S/C21H19N3O2/c1-26-16-7-8-20-15(14-16)9-12-24(20)13-10-21(25)23-19-6-2-5-18-17(19)4-3-11-22-18/h2-9,11-12,14H,10,13H2,1H3,(H,23,25). The van der Waals surface area contributed by atoms with E-state index in [4.69, 9.17) is 4.74 Å². The molecule has 0 aliphatic carbocycles. The highest BCUT2D eigenvalue weighted by Gasteiger charge is 2.08. The zero-order valence-electron chi connectivity index (χ0n) is 14.5. The summed E-state index contributed by atoms with van der Waals surface area (Å²) in [5.74, 6) is 0.814. The average Bonchev–Trinajstić information content (AvgIpc) is 3.09. The van der Waals surface area contributed by atoms with Crippen LogP contribution in [0, 0.1) is 0 Å². The third-order valence-corrected chi connectivity index (χ3v) is 4.48. The molecular weight excluding hydrogens is 326 g/mol. The molecular formula is C21H19N3O2. The summed E-state index contributed by atoms with van der Waals surface area (Å²) in [6.45, 7) is 0.616. The molecule has 2 heterocycles. The molecule has 1 N–H and O–H groups in total. The van der Waals surface area contributed by atoms with Gasteiger partial charge in [-0.05, 0) is 48.5 Å². The molecule has 4 aromatic rings. The maximum Gasteiger partial charge on any atom is 0.226 e. The van der Waals surface area contributed by atoms with Crippen molar-refractivity contribution in [1.82, 2.24) is 9.55 Å². The Labute approximate surface area is 151 Å². The van der Waals surface area contributed by atoms with Gasteiger partial charge in [0.2, 0.25) is 5.91 Å². The number of hydrogen-bond acceptors (Lipinski definition) is 3. The van der Waals surface area contributed by atoms with Gasteiger partial charge in [-0.15, -0.1) is 0 Å². The van der Waals surface area contributed by atoms with Gasteiger partial charge in [0.1, 0.15) is 5.75 Å². The van der Waals surface area contributed by atoms with Crippen LogP contribution in [0.4, 0.5) is 5.69 Å². The number of fused-ring (bicyclic) bond motifs is 2. The molecule has 0 spiro atoms. The monoisotopic (exact) mass is 345 g/mol. The van der Waals surface area contributed by atoms with Crippen LogP contribution in [-0.2, 0) is 11.3 Å². The Morgan fingerprint density at radius 2 is 2.08 bits per heavy atom. The van der Waals surface area contributed by atoms with Crippen LogP contribution in [-0.4, -0.2) is 22.6 Å². The Morgan fingerprint density at radius 3 is 2.96 bits per heavy atom. The first-order chi connectivity index (χ1) is 12.7. The van der Waals surface area contributed by atoms with E-state index in [0.29, 0.717) is 13.0 Å². The molecule has 0 radical (unpaired) electrons. The number of pyridine rings is 1. The number of ether oxygens (including phenoxy) is 1. The molecule has 0 fully saturated rings. The van der Waals surface area contributed by atoms with Crippen molar-refractivity contribution in [2.75, 3.05) is 12.4 Å². The number of anilines is 1. The summed E-state index contributed by atoms with van der Waals surface area (Å²) in [5, 5.41) is 5.05. The van der Waals surface area contributed by atoms with Crippen LogP contribution in [0.2, 0.25) is 0 Å². The number of benzene rings is 2. The van der Waals surface area contributed by atoms with Crippen LogP contribution in [0.1, 0.15) is 6.42 Å². The van der Waals surface area contributed by atoms with Crippen LogP contribution in [0.25, 0.3) is 21.8 Å². The second-order valence-corrected chi connectivity index (χ2v) is 6.11. The first-order valence-electron chi connectivity index (χ1n) is 8.51. The fourth-order valence-electron chi connectivity index (χ4n) is 3.15. The van der Waals surface area contributed by atoms with Gasteiger partial charge < -0.3 is 14.6 Å². The summed E-state index contributed by atoms with van der Waals surface area (Å²) in [5.41, 5.74) is 2.76. The summed E-state index contributed by atoms with van der Waals surface area (Å²) in [6, 6.07) is 17.6. The molecule has 26 heavy (non-hydrogen) atoms. The Hall–Kier alpha value is -3.34. The lowest BCUT2D eigenvalue weighted by Crippen LogP contribution is -2.14. The minimum atomic E-state index is -0.0169. The summed E-state index contributed by atoms with van der Waals surface area (Å²) in [6.07, 6.45) is 4.14. The van der Waals surface area contributed by atoms with Gasteiger partial charge in [-0.25, -0.2) is 0 Å². The quantitative estimate of drug-likeness (QED) is 0.589. The molecule has 0 saturated carbocycles. The second-order valence-electron chi connectivity index (χ2n) is 6.11. The minimum absolute atomic E-state index is 0.0169. The molecule has 0 aliphatic rings. The number of amides is 1. The van der Waals surface area contributed by atoms with Crippen molar-refractivity contribution in [3.8, 4) is 5.75 Å². The van der Waals surface area contributed by atoms with E-state index in [-0.39, 0.29) is 5.91 Å². The van der Waals surface area contributed by atoms with Crippen LogP contribution in [0.15, 0.2) is 67.0 Å². The Kier molecular flexibility index (Phi) is 4.27. The van der Waals surface area contributed by atoms with Crippen LogP contribution in [0.5, 0.6) is 5.75 Å². The van der Waals surface area contributed by atoms with Gasteiger partial charge in [-0.3, -0.25) is 9.78 Å².